The lowest BCUT2D eigenvalue weighted by molar-refractivity contribution is 0.0696. The van der Waals surface area contributed by atoms with E-state index in [1.165, 1.54) is 12.1 Å². The summed E-state index contributed by atoms with van der Waals surface area (Å²) in [7, 11) is 0. The van der Waals surface area contributed by atoms with E-state index in [2.05, 4.69) is 0 Å². The Balaban J connectivity index is 2.18. The van der Waals surface area contributed by atoms with Gasteiger partial charge in [0.2, 0.25) is 0 Å². The molecule has 0 aliphatic carbocycles. The molecule has 0 aromatic heterocycles. The van der Waals surface area contributed by atoms with Crippen LogP contribution in [0.2, 0.25) is 0 Å². The summed E-state index contributed by atoms with van der Waals surface area (Å²) in [5.41, 5.74) is 0.821. The van der Waals surface area contributed by atoms with Crippen molar-refractivity contribution in [2.24, 2.45) is 0 Å². The average molecular weight is 260 g/mol. The molecule has 2 aromatic rings. The molecule has 3 nitrogen and oxygen atoms in total. The van der Waals surface area contributed by atoms with Crippen LogP contribution in [0.3, 0.4) is 0 Å². The van der Waals surface area contributed by atoms with Crippen molar-refractivity contribution in [1.82, 2.24) is 0 Å². The number of ether oxygens (including phenoxy) is 1. The van der Waals surface area contributed by atoms with Gasteiger partial charge in [-0.15, -0.1) is 0 Å². The Morgan fingerprint density at radius 3 is 2.47 bits per heavy atom. The molecule has 0 bridgehead atoms. The van der Waals surface area contributed by atoms with Crippen molar-refractivity contribution in [3.63, 3.8) is 0 Å². The fourth-order valence-electron chi connectivity index (χ4n) is 1.71. The van der Waals surface area contributed by atoms with E-state index in [-0.39, 0.29) is 17.4 Å². The summed E-state index contributed by atoms with van der Waals surface area (Å²) >= 11 is 0. The Bertz CT molecular complexity index is 581. The molecule has 0 aliphatic rings. The molecule has 4 heteroatoms. The highest BCUT2D eigenvalue weighted by atomic mass is 19.1. The minimum Gasteiger partial charge on any atom is -0.483 e. The second kappa shape index (κ2) is 5.52. The molecule has 0 amide bonds. The molecule has 0 fully saturated rings. The van der Waals surface area contributed by atoms with Gasteiger partial charge in [-0.1, -0.05) is 30.3 Å². The quantitative estimate of drug-likeness (QED) is 0.912. The van der Waals surface area contributed by atoms with Gasteiger partial charge in [-0.05, 0) is 30.7 Å². The van der Waals surface area contributed by atoms with E-state index in [0.29, 0.717) is 0 Å². The molecule has 19 heavy (non-hydrogen) atoms. The van der Waals surface area contributed by atoms with Crippen LogP contribution in [0.15, 0.2) is 48.5 Å². The molecule has 0 heterocycles. The van der Waals surface area contributed by atoms with Crippen LogP contribution in [0.5, 0.6) is 5.75 Å². The number of rotatable bonds is 4. The van der Waals surface area contributed by atoms with Crippen molar-refractivity contribution in [3.8, 4) is 5.75 Å². The maximum absolute atomic E-state index is 13.7. The van der Waals surface area contributed by atoms with Crippen molar-refractivity contribution in [1.29, 1.82) is 0 Å². The third kappa shape index (κ3) is 3.10. The van der Waals surface area contributed by atoms with E-state index in [1.54, 1.807) is 6.92 Å². The lowest BCUT2D eigenvalue weighted by atomic mass is 10.1. The number of halogens is 1. The predicted octanol–water partition coefficient (Wildman–Crippen LogP) is 3.66. The summed E-state index contributed by atoms with van der Waals surface area (Å²) in [6.45, 7) is 1.81. The first kappa shape index (κ1) is 13.1. The summed E-state index contributed by atoms with van der Waals surface area (Å²) in [6, 6.07) is 13.0. The van der Waals surface area contributed by atoms with E-state index < -0.39 is 11.8 Å². The first-order valence-electron chi connectivity index (χ1n) is 5.82. The number of aromatic carboxylic acids is 1. The Kier molecular flexibility index (Phi) is 3.80. The number of hydrogen-bond acceptors (Lipinski definition) is 2. The average Bonchev–Trinajstić information content (AvgIpc) is 2.41. The zero-order chi connectivity index (χ0) is 13.8. The van der Waals surface area contributed by atoms with E-state index >= 15 is 0 Å². The van der Waals surface area contributed by atoms with Gasteiger partial charge >= 0.3 is 5.97 Å². The second-order valence-corrected chi connectivity index (χ2v) is 4.12. The van der Waals surface area contributed by atoms with Gasteiger partial charge in [-0.3, -0.25) is 0 Å². The second-order valence-electron chi connectivity index (χ2n) is 4.12. The van der Waals surface area contributed by atoms with Crippen molar-refractivity contribution >= 4 is 5.97 Å². The topological polar surface area (TPSA) is 46.5 Å². The van der Waals surface area contributed by atoms with Crippen LogP contribution in [0.4, 0.5) is 4.39 Å². The normalized spacial score (nSPS) is 11.9. The van der Waals surface area contributed by atoms with Crippen LogP contribution in [0, 0.1) is 5.82 Å². The summed E-state index contributed by atoms with van der Waals surface area (Å²) in [4.78, 5) is 10.7. The SMILES string of the molecule is CC(Oc1ccc(C(=O)O)cc1F)c1ccccc1. The highest BCUT2D eigenvalue weighted by Gasteiger charge is 2.12. The summed E-state index contributed by atoms with van der Waals surface area (Å²) in [5, 5.41) is 8.75. The van der Waals surface area contributed by atoms with Gasteiger partial charge in [-0.2, -0.15) is 0 Å². The molecule has 1 N–H and O–H groups in total. The molecule has 1 atom stereocenters. The molecule has 2 aromatic carbocycles. The van der Waals surface area contributed by atoms with Crippen LogP contribution < -0.4 is 4.74 Å². The summed E-state index contributed by atoms with van der Waals surface area (Å²) < 4.78 is 19.2. The molecule has 1 unspecified atom stereocenters. The highest BCUT2D eigenvalue weighted by molar-refractivity contribution is 5.87. The maximum atomic E-state index is 13.7. The summed E-state index contributed by atoms with van der Waals surface area (Å²) in [5.74, 6) is -1.80. The smallest absolute Gasteiger partial charge is 0.335 e. The van der Waals surface area contributed by atoms with Crippen molar-refractivity contribution < 1.29 is 19.0 Å². The van der Waals surface area contributed by atoms with Gasteiger partial charge in [0, 0.05) is 0 Å². The van der Waals surface area contributed by atoms with Crippen LogP contribution in [0.25, 0.3) is 0 Å². The number of carbonyl (C=O) groups is 1. The van der Waals surface area contributed by atoms with Crippen LogP contribution in [0.1, 0.15) is 28.9 Å². The van der Waals surface area contributed by atoms with Crippen molar-refractivity contribution in [3.05, 3.63) is 65.5 Å². The summed E-state index contributed by atoms with van der Waals surface area (Å²) in [6.07, 6.45) is -0.314. The number of carboxylic acids is 1. The van der Waals surface area contributed by atoms with E-state index in [4.69, 9.17) is 9.84 Å². The minimum atomic E-state index is -1.17. The first-order chi connectivity index (χ1) is 9.08. The minimum absolute atomic E-state index is 0.0429. The van der Waals surface area contributed by atoms with Gasteiger partial charge in [0.25, 0.3) is 0 Å². The Hall–Kier alpha value is -2.36. The molecule has 0 saturated heterocycles. The maximum Gasteiger partial charge on any atom is 0.335 e. The Morgan fingerprint density at radius 1 is 1.21 bits per heavy atom. The van der Waals surface area contributed by atoms with Crippen molar-refractivity contribution in [2.75, 3.05) is 0 Å². The van der Waals surface area contributed by atoms with Gasteiger partial charge in [0.15, 0.2) is 11.6 Å². The molecular formula is C15H13FO3. The molecule has 2 rings (SSSR count). The third-order valence-corrected chi connectivity index (χ3v) is 2.75. The van der Waals surface area contributed by atoms with Gasteiger partial charge in [0.1, 0.15) is 6.10 Å². The zero-order valence-electron chi connectivity index (χ0n) is 10.3. The molecule has 98 valence electrons. The molecule has 0 aliphatic heterocycles. The third-order valence-electron chi connectivity index (χ3n) is 2.75. The lowest BCUT2D eigenvalue weighted by Crippen LogP contribution is -2.05. The van der Waals surface area contributed by atoms with Crippen LogP contribution in [-0.4, -0.2) is 11.1 Å². The number of carboxylic acid groups (broad SMARTS) is 1. The molecule has 0 saturated carbocycles. The molecule has 0 spiro atoms. The molecule has 0 radical (unpaired) electrons. The van der Waals surface area contributed by atoms with E-state index in [9.17, 15) is 9.18 Å². The van der Waals surface area contributed by atoms with E-state index in [0.717, 1.165) is 11.6 Å². The Labute approximate surface area is 110 Å². The standard InChI is InChI=1S/C15H13FO3/c1-10(11-5-3-2-4-6-11)19-14-8-7-12(15(17)18)9-13(14)16/h2-10H,1H3,(H,17,18). The number of hydrogen-bond donors (Lipinski definition) is 1. The van der Waals surface area contributed by atoms with Gasteiger partial charge < -0.3 is 9.84 Å². The first-order valence-corrected chi connectivity index (χ1v) is 5.82. The number of benzene rings is 2. The predicted molar refractivity (Wildman–Crippen MR) is 68.8 cm³/mol. The van der Waals surface area contributed by atoms with E-state index in [1.807, 2.05) is 30.3 Å². The largest absolute Gasteiger partial charge is 0.483 e. The zero-order valence-corrected chi connectivity index (χ0v) is 10.3. The highest BCUT2D eigenvalue weighted by Crippen LogP contribution is 2.25. The van der Waals surface area contributed by atoms with Crippen molar-refractivity contribution in [2.45, 2.75) is 13.0 Å². The molecular weight excluding hydrogens is 247 g/mol. The van der Waals surface area contributed by atoms with Crippen LogP contribution in [-0.2, 0) is 0 Å². The van der Waals surface area contributed by atoms with Gasteiger partial charge in [0.05, 0.1) is 5.56 Å². The fraction of sp³-hybridized carbons (Fsp3) is 0.133. The Morgan fingerprint density at radius 2 is 1.89 bits per heavy atom. The fourth-order valence-corrected chi connectivity index (χ4v) is 1.71. The lowest BCUT2D eigenvalue weighted by Gasteiger charge is -2.15. The van der Waals surface area contributed by atoms with Crippen LogP contribution >= 0.6 is 0 Å². The monoisotopic (exact) mass is 260 g/mol. The van der Waals surface area contributed by atoms with Gasteiger partial charge in [-0.25, -0.2) is 9.18 Å².